The second kappa shape index (κ2) is 9.58. The second-order valence-electron chi connectivity index (χ2n) is 6.55. The molecular weight excluding hydrogens is 504 g/mol. The maximum atomic E-state index is 13.1. The first-order valence-electron chi connectivity index (χ1n) is 9.25. The Morgan fingerprint density at radius 3 is 2.45 bits per heavy atom. The SMILES string of the molecule is CCOc1ccccc1C(=O)c1ncc(Cl)cc1NS(=O)(=O)c1ccc(C(F)(F)F)c(Cl)c1. The molecule has 0 amide bonds. The number of pyridine rings is 1. The number of ether oxygens (including phenoxy) is 1. The number of nitrogens with one attached hydrogen (secondary N) is 1. The van der Waals surface area contributed by atoms with Crippen LogP contribution in [0.15, 0.2) is 59.6 Å². The Morgan fingerprint density at radius 1 is 1.12 bits per heavy atom. The van der Waals surface area contributed by atoms with Gasteiger partial charge in [0.2, 0.25) is 5.78 Å². The monoisotopic (exact) mass is 518 g/mol. The third-order valence-electron chi connectivity index (χ3n) is 4.30. The number of rotatable bonds is 7. The Balaban J connectivity index is 2.02. The van der Waals surface area contributed by atoms with Crippen molar-refractivity contribution in [2.75, 3.05) is 11.3 Å². The van der Waals surface area contributed by atoms with Crippen molar-refractivity contribution in [1.82, 2.24) is 4.98 Å². The zero-order valence-corrected chi connectivity index (χ0v) is 19.1. The number of nitrogens with zero attached hydrogens (tertiary/aromatic N) is 1. The Bertz CT molecular complexity index is 1320. The standard InChI is InChI=1S/C21H15Cl2F3N2O4S/c1-2-32-18-6-4-3-5-14(18)20(29)19-17(9-12(22)11-27-19)28-33(30,31)13-7-8-15(16(23)10-13)21(24,25)26/h3-11,28H,2H2,1H3. The molecule has 0 spiro atoms. The normalized spacial score (nSPS) is 11.8. The second-order valence-corrected chi connectivity index (χ2v) is 9.08. The third kappa shape index (κ3) is 5.58. The number of hydrogen-bond donors (Lipinski definition) is 1. The van der Waals surface area contributed by atoms with Crippen LogP contribution in [0.3, 0.4) is 0 Å². The van der Waals surface area contributed by atoms with Crippen LogP contribution in [-0.2, 0) is 16.2 Å². The van der Waals surface area contributed by atoms with Crippen molar-refractivity contribution >= 4 is 44.7 Å². The van der Waals surface area contributed by atoms with Gasteiger partial charge < -0.3 is 4.74 Å². The Morgan fingerprint density at radius 2 is 1.82 bits per heavy atom. The predicted octanol–water partition coefficient (Wildman–Crippen LogP) is 5.84. The Labute approximate surface area is 197 Å². The van der Waals surface area contributed by atoms with Crippen LogP contribution in [0.5, 0.6) is 5.75 Å². The summed E-state index contributed by atoms with van der Waals surface area (Å²) < 4.78 is 72.1. The van der Waals surface area contributed by atoms with Crippen LogP contribution < -0.4 is 9.46 Å². The first kappa shape index (κ1) is 24.8. The number of halogens is 5. The van der Waals surface area contributed by atoms with E-state index in [1.165, 1.54) is 6.07 Å². The highest BCUT2D eigenvalue weighted by molar-refractivity contribution is 7.92. The maximum absolute atomic E-state index is 13.1. The average Bonchev–Trinajstić information content (AvgIpc) is 2.73. The van der Waals surface area contributed by atoms with Crippen LogP contribution >= 0.6 is 23.2 Å². The van der Waals surface area contributed by atoms with E-state index in [0.717, 1.165) is 18.3 Å². The van der Waals surface area contributed by atoms with Gasteiger partial charge in [-0.1, -0.05) is 35.3 Å². The number of para-hydroxylation sites is 1. The molecular formula is C21H15Cl2F3N2O4S. The minimum Gasteiger partial charge on any atom is -0.493 e. The van der Waals surface area contributed by atoms with Gasteiger partial charge in [-0.25, -0.2) is 13.4 Å². The molecule has 6 nitrogen and oxygen atoms in total. The van der Waals surface area contributed by atoms with E-state index in [9.17, 15) is 26.4 Å². The lowest BCUT2D eigenvalue weighted by molar-refractivity contribution is -0.137. The van der Waals surface area contributed by atoms with Crippen LogP contribution in [0.4, 0.5) is 18.9 Å². The lowest BCUT2D eigenvalue weighted by Crippen LogP contribution is -2.18. The molecule has 0 unspecified atom stereocenters. The third-order valence-corrected chi connectivity index (χ3v) is 6.18. The summed E-state index contributed by atoms with van der Waals surface area (Å²) in [4.78, 5) is 16.6. The van der Waals surface area contributed by atoms with E-state index >= 15 is 0 Å². The number of ketones is 1. The molecule has 174 valence electrons. The Kier molecular flexibility index (Phi) is 7.20. The summed E-state index contributed by atoms with van der Waals surface area (Å²) in [5, 5.41) is -0.774. The molecule has 0 radical (unpaired) electrons. The topological polar surface area (TPSA) is 85.4 Å². The summed E-state index contributed by atoms with van der Waals surface area (Å²) in [6, 6.07) is 9.44. The molecule has 12 heteroatoms. The van der Waals surface area contributed by atoms with Crippen molar-refractivity contribution in [1.29, 1.82) is 0 Å². The molecule has 2 aromatic carbocycles. The van der Waals surface area contributed by atoms with Crippen molar-refractivity contribution in [3.63, 3.8) is 0 Å². The molecule has 1 heterocycles. The largest absolute Gasteiger partial charge is 0.493 e. The molecule has 3 aromatic rings. The molecule has 0 saturated carbocycles. The summed E-state index contributed by atoms with van der Waals surface area (Å²) in [5.74, 6) is -0.385. The van der Waals surface area contributed by atoms with Gasteiger partial charge >= 0.3 is 6.18 Å². The van der Waals surface area contributed by atoms with Gasteiger partial charge in [-0.2, -0.15) is 13.2 Å². The van der Waals surface area contributed by atoms with Crippen molar-refractivity contribution < 1.29 is 31.1 Å². The predicted molar refractivity (Wildman–Crippen MR) is 118 cm³/mol. The summed E-state index contributed by atoms with van der Waals surface area (Å²) in [5.41, 5.74) is -1.61. The van der Waals surface area contributed by atoms with Gasteiger partial charge in [-0.05, 0) is 43.3 Å². The molecule has 0 fully saturated rings. The molecule has 0 saturated heterocycles. The average molecular weight is 519 g/mol. The molecule has 0 atom stereocenters. The highest BCUT2D eigenvalue weighted by atomic mass is 35.5. The summed E-state index contributed by atoms with van der Waals surface area (Å²) in [6.07, 6.45) is -3.60. The summed E-state index contributed by atoms with van der Waals surface area (Å²) >= 11 is 11.6. The summed E-state index contributed by atoms with van der Waals surface area (Å²) in [6.45, 7) is 2.02. The lowest BCUT2D eigenvalue weighted by Gasteiger charge is -2.15. The van der Waals surface area contributed by atoms with E-state index < -0.39 is 37.5 Å². The molecule has 0 aliphatic heterocycles. The number of carbonyl (C=O) groups excluding carboxylic acids is 1. The van der Waals surface area contributed by atoms with E-state index in [0.29, 0.717) is 12.1 Å². The first-order valence-corrected chi connectivity index (χ1v) is 11.5. The molecule has 1 aromatic heterocycles. The molecule has 0 bridgehead atoms. The number of benzene rings is 2. The summed E-state index contributed by atoms with van der Waals surface area (Å²) in [7, 11) is -4.46. The zero-order chi connectivity index (χ0) is 24.4. The number of aromatic nitrogens is 1. The lowest BCUT2D eigenvalue weighted by atomic mass is 10.1. The van der Waals surface area contributed by atoms with Gasteiger partial charge in [0, 0.05) is 6.20 Å². The van der Waals surface area contributed by atoms with E-state index in [-0.39, 0.29) is 34.3 Å². The van der Waals surface area contributed by atoms with Crippen molar-refractivity contribution in [3.8, 4) is 5.75 Å². The fourth-order valence-electron chi connectivity index (χ4n) is 2.86. The number of sulfonamides is 1. The zero-order valence-electron chi connectivity index (χ0n) is 16.8. The Hall–Kier alpha value is -2.82. The van der Waals surface area contributed by atoms with Crippen molar-refractivity contribution in [2.45, 2.75) is 18.0 Å². The van der Waals surface area contributed by atoms with Crippen LogP contribution in [0.1, 0.15) is 28.5 Å². The minimum absolute atomic E-state index is 0.0211. The van der Waals surface area contributed by atoms with Gasteiger partial charge in [0.25, 0.3) is 10.0 Å². The smallest absolute Gasteiger partial charge is 0.417 e. The van der Waals surface area contributed by atoms with E-state index in [1.807, 2.05) is 0 Å². The molecule has 0 aliphatic carbocycles. The van der Waals surface area contributed by atoms with Crippen LogP contribution in [0.2, 0.25) is 10.0 Å². The number of alkyl halides is 3. The minimum atomic E-state index is -4.75. The van der Waals surface area contributed by atoms with E-state index in [1.54, 1.807) is 25.1 Å². The number of anilines is 1. The van der Waals surface area contributed by atoms with Gasteiger partial charge in [0.05, 0.1) is 38.4 Å². The number of carbonyl (C=O) groups is 1. The number of hydrogen-bond acceptors (Lipinski definition) is 5. The quantitative estimate of drug-likeness (QED) is 0.397. The first-order chi connectivity index (χ1) is 15.4. The van der Waals surface area contributed by atoms with Crippen molar-refractivity contribution in [3.05, 3.63) is 81.6 Å². The van der Waals surface area contributed by atoms with Gasteiger partial charge in [0.15, 0.2) is 0 Å². The molecule has 3 rings (SSSR count). The van der Waals surface area contributed by atoms with Crippen LogP contribution in [0.25, 0.3) is 0 Å². The highest BCUT2D eigenvalue weighted by Gasteiger charge is 2.34. The van der Waals surface area contributed by atoms with E-state index in [4.69, 9.17) is 27.9 Å². The van der Waals surface area contributed by atoms with Gasteiger partial charge in [-0.3, -0.25) is 9.52 Å². The molecule has 1 N–H and O–H groups in total. The molecule has 33 heavy (non-hydrogen) atoms. The maximum Gasteiger partial charge on any atom is 0.417 e. The van der Waals surface area contributed by atoms with Crippen molar-refractivity contribution in [2.24, 2.45) is 0 Å². The highest BCUT2D eigenvalue weighted by Crippen LogP contribution is 2.36. The van der Waals surface area contributed by atoms with Gasteiger partial charge in [0.1, 0.15) is 11.4 Å². The molecule has 0 aliphatic rings. The van der Waals surface area contributed by atoms with Gasteiger partial charge in [-0.15, -0.1) is 0 Å². The van der Waals surface area contributed by atoms with E-state index in [2.05, 4.69) is 9.71 Å². The fraction of sp³-hybridized carbons (Fsp3) is 0.143. The van der Waals surface area contributed by atoms with Crippen LogP contribution in [0, 0.1) is 0 Å². The fourth-order valence-corrected chi connectivity index (χ4v) is 4.45. The van der Waals surface area contributed by atoms with Crippen LogP contribution in [-0.4, -0.2) is 25.8 Å².